The van der Waals surface area contributed by atoms with Gasteiger partial charge in [0.2, 0.25) is 0 Å². The van der Waals surface area contributed by atoms with Crippen LogP contribution in [0, 0.1) is 6.92 Å². The normalized spacial score (nSPS) is 15.6. The molecule has 0 fully saturated rings. The van der Waals surface area contributed by atoms with Crippen LogP contribution in [0.4, 0.5) is 0 Å². The van der Waals surface area contributed by atoms with Crippen LogP contribution in [0.2, 0.25) is 0 Å². The second-order valence-electron chi connectivity index (χ2n) is 7.78. The molecule has 0 radical (unpaired) electrons. The standard InChI is InChI=1S/C23H28N6O2/c1-4-22(25-24-20-13-8-11-17-10-5-6-12-18(17)20)31-15-19-16(2)9-7-14-21(19)29-23(30)28(3)26-27-29/h5-7,9-10,12,14,22,25H,4,8,11,13,15H2,1-3H3/b24-20-. The molecule has 0 amide bonds. The zero-order valence-corrected chi connectivity index (χ0v) is 18.2. The predicted molar refractivity (Wildman–Crippen MR) is 119 cm³/mol. The molecule has 31 heavy (non-hydrogen) atoms. The average Bonchev–Trinajstić information content (AvgIpc) is 3.12. The lowest BCUT2D eigenvalue weighted by molar-refractivity contribution is 0.0157. The van der Waals surface area contributed by atoms with Gasteiger partial charge in [-0.25, -0.2) is 4.79 Å². The highest BCUT2D eigenvalue weighted by atomic mass is 16.5. The molecule has 0 spiro atoms. The summed E-state index contributed by atoms with van der Waals surface area (Å²) in [4.78, 5) is 12.3. The number of fused-ring (bicyclic) bond motifs is 1. The molecule has 1 aliphatic rings. The number of aryl methyl sites for hydroxylation is 3. The summed E-state index contributed by atoms with van der Waals surface area (Å²) in [5, 5.41) is 12.5. The van der Waals surface area contributed by atoms with Gasteiger partial charge < -0.3 is 4.74 Å². The minimum absolute atomic E-state index is 0.243. The number of rotatable bonds is 7. The van der Waals surface area contributed by atoms with E-state index in [0.29, 0.717) is 12.3 Å². The van der Waals surface area contributed by atoms with Crippen LogP contribution in [-0.2, 0) is 24.8 Å². The minimum Gasteiger partial charge on any atom is -0.352 e. The summed E-state index contributed by atoms with van der Waals surface area (Å²) in [6.45, 7) is 4.38. The van der Waals surface area contributed by atoms with E-state index in [-0.39, 0.29) is 11.9 Å². The number of ether oxygens (including phenoxy) is 1. The summed E-state index contributed by atoms with van der Waals surface area (Å²) in [5.74, 6) is 0. The summed E-state index contributed by atoms with van der Waals surface area (Å²) in [6.07, 6.45) is 3.67. The molecule has 162 valence electrons. The molecule has 1 atom stereocenters. The number of nitrogens with zero attached hydrogens (tertiary/aromatic N) is 5. The van der Waals surface area contributed by atoms with Gasteiger partial charge in [-0.2, -0.15) is 14.5 Å². The Kier molecular flexibility index (Phi) is 6.27. The summed E-state index contributed by atoms with van der Waals surface area (Å²) >= 11 is 0. The molecule has 8 heteroatoms. The topological polar surface area (TPSA) is 86.3 Å². The lowest BCUT2D eigenvalue weighted by Crippen LogP contribution is -2.29. The molecule has 0 saturated carbocycles. The van der Waals surface area contributed by atoms with Gasteiger partial charge in [-0.3, -0.25) is 5.43 Å². The molecular formula is C23H28N6O2. The van der Waals surface area contributed by atoms with Crippen molar-refractivity contribution in [2.45, 2.75) is 52.4 Å². The molecule has 1 aromatic heterocycles. The molecule has 1 N–H and O–H groups in total. The van der Waals surface area contributed by atoms with Crippen LogP contribution in [0.1, 0.15) is 48.4 Å². The predicted octanol–water partition coefficient (Wildman–Crippen LogP) is 2.86. The molecule has 2 aromatic carbocycles. The van der Waals surface area contributed by atoms with Gasteiger partial charge >= 0.3 is 5.69 Å². The van der Waals surface area contributed by atoms with E-state index in [9.17, 15) is 4.79 Å². The Hall–Kier alpha value is -3.26. The van der Waals surface area contributed by atoms with Crippen LogP contribution in [0.25, 0.3) is 5.69 Å². The van der Waals surface area contributed by atoms with Gasteiger partial charge in [0.25, 0.3) is 0 Å². The van der Waals surface area contributed by atoms with Crippen molar-refractivity contribution in [3.8, 4) is 5.69 Å². The number of benzene rings is 2. The van der Waals surface area contributed by atoms with Gasteiger partial charge in [0.15, 0.2) is 0 Å². The van der Waals surface area contributed by atoms with Crippen molar-refractivity contribution in [1.29, 1.82) is 0 Å². The van der Waals surface area contributed by atoms with Gasteiger partial charge in [0, 0.05) is 18.2 Å². The van der Waals surface area contributed by atoms with Crippen LogP contribution in [0.15, 0.2) is 52.4 Å². The molecule has 4 rings (SSSR count). The number of hydrogen-bond donors (Lipinski definition) is 1. The van der Waals surface area contributed by atoms with Gasteiger partial charge in [-0.15, -0.1) is 0 Å². The number of nitrogens with one attached hydrogen (secondary N) is 1. The molecule has 0 bridgehead atoms. The van der Waals surface area contributed by atoms with E-state index in [0.717, 1.165) is 42.5 Å². The van der Waals surface area contributed by atoms with Gasteiger partial charge in [0.05, 0.1) is 18.0 Å². The van der Waals surface area contributed by atoms with Gasteiger partial charge in [-0.05, 0) is 60.2 Å². The Bertz CT molecular complexity index is 1150. The van der Waals surface area contributed by atoms with E-state index in [4.69, 9.17) is 4.74 Å². The number of hydrogen-bond acceptors (Lipinski definition) is 6. The van der Waals surface area contributed by atoms with Crippen molar-refractivity contribution in [2.24, 2.45) is 12.1 Å². The summed E-state index contributed by atoms with van der Waals surface area (Å²) in [7, 11) is 1.58. The largest absolute Gasteiger partial charge is 0.368 e. The fourth-order valence-corrected chi connectivity index (χ4v) is 3.83. The molecule has 1 aliphatic carbocycles. The zero-order chi connectivity index (χ0) is 21.8. The van der Waals surface area contributed by atoms with Crippen molar-refractivity contribution in [1.82, 2.24) is 25.2 Å². The van der Waals surface area contributed by atoms with Crippen LogP contribution < -0.4 is 11.1 Å². The van der Waals surface area contributed by atoms with E-state index in [2.05, 4.69) is 52.1 Å². The molecule has 1 heterocycles. The van der Waals surface area contributed by atoms with Crippen molar-refractivity contribution in [2.75, 3.05) is 0 Å². The fourth-order valence-electron chi connectivity index (χ4n) is 3.83. The Labute approximate surface area is 181 Å². The average molecular weight is 421 g/mol. The first-order chi connectivity index (χ1) is 15.1. The highest BCUT2D eigenvalue weighted by molar-refractivity contribution is 6.02. The maximum absolute atomic E-state index is 12.3. The summed E-state index contributed by atoms with van der Waals surface area (Å²) in [5.41, 5.74) is 9.17. The Balaban J connectivity index is 1.50. The van der Waals surface area contributed by atoms with E-state index >= 15 is 0 Å². The van der Waals surface area contributed by atoms with E-state index < -0.39 is 0 Å². The van der Waals surface area contributed by atoms with Crippen molar-refractivity contribution < 1.29 is 4.74 Å². The third kappa shape index (κ3) is 4.44. The van der Waals surface area contributed by atoms with Gasteiger partial charge in [-0.1, -0.05) is 43.3 Å². The lowest BCUT2D eigenvalue weighted by atomic mass is 9.90. The fraction of sp³-hybridized carbons (Fsp3) is 0.391. The molecular weight excluding hydrogens is 392 g/mol. The van der Waals surface area contributed by atoms with Crippen LogP contribution in [0.5, 0.6) is 0 Å². The molecule has 0 saturated heterocycles. The number of aromatic nitrogens is 4. The highest BCUT2D eigenvalue weighted by Gasteiger charge is 2.17. The first-order valence-electron chi connectivity index (χ1n) is 10.7. The van der Waals surface area contributed by atoms with Gasteiger partial charge in [0.1, 0.15) is 6.23 Å². The minimum atomic E-state index is -0.292. The Morgan fingerprint density at radius 1 is 1.16 bits per heavy atom. The zero-order valence-electron chi connectivity index (χ0n) is 18.2. The quantitative estimate of drug-likeness (QED) is 0.469. The maximum Gasteiger partial charge on any atom is 0.368 e. The summed E-state index contributed by atoms with van der Waals surface area (Å²) < 4.78 is 8.67. The first-order valence-corrected chi connectivity index (χ1v) is 10.7. The first kappa shape index (κ1) is 21.0. The van der Waals surface area contributed by atoms with Crippen LogP contribution in [0.3, 0.4) is 0 Å². The second kappa shape index (κ2) is 9.26. The lowest BCUT2D eigenvalue weighted by Gasteiger charge is -2.21. The summed E-state index contributed by atoms with van der Waals surface area (Å²) in [6, 6.07) is 14.2. The number of hydrazone groups is 1. The third-order valence-corrected chi connectivity index (χ3v) is 5.67. The molecule has 3 aromatic rings. The highest BCUT2D eigenvalue weighted by Crippen LogP contribution is 2.22. The van der Waals surface area contributed by atoms with Crippen LogP contribution in [-0.4, -0.2) is 31.7 Å². The van der Waals surface area contributed by atoms with Crippen molar-refractivity contribution in [3.63, 3.8) is 0 Å². The Morgan fingerprint density at radius 3 is 2.77 bits per heavy atom. The molecule has 8 nitrogen and oxygen atoms in total. The SMILES string of the molecule is CCC(N/N=C1/CCCc2ccccc21)OCc1c(C)cccc1-n1nnn(C)c1=O. The Morgan fingerprint density at radius 2 is 2.00 bits per heavy atom. The van der Waals surface area contributed by atoms with E-state index in [1.54, 1.807) is 7.05 Å². The smallest absolute Gasteiger partial charge is 0.352 e. The third-order valence-electron chi connectivity index (χ3n) is 5.67. The second-order valence-corrected chi connectivity index (χ2v) is 7.78. The molecule has 1 unspecified atom stereocenters. The number of tetrazole rings is 1. The van der Waals surface area contributed by atoms with Crippen molar-refractivity contribution >= 4 is 5.71 Å². The molecule has 0 aliphatic heterocycles. The maximum atomic E-state index is 12.3. The van der Waals surface area contributed by atoms with Crippen LogP contribution >= 0.6 is 0 Å². The van der Waals surface area contributed by atoms with E-state index in [1.165, 1.54) is 20.5 Å². The van der Waals surface area contributed by atoms with Crippen molar-refractivity contribution in [3.05, 3.63) is 75.2 Å². The van der Waals surface area contributed by atoms with E-state index in [1.807, 2.05) is 25.1 Å². The monoisotopic (exact) mass is 420 g/mol.